The smallest absolute Gasteiger partial charge is 0.406 e. The molecular weight excluding hydrogens is 362 g/mol. The highest BCUT2D eigenvalue weighted by Crippen LogP contribution is 2.33. The van der Waals surface area contributed by atoms with Crippen LogP contribution >= 0.6 is 0 Å². The molecule has 4 rings (SSSR count). The van der Waals surface area contributed by atoms with Crippen molar-refractivity contribution < 1.29 is 9.53 Å². The number of ether oxygens (including phenoxy) is 1. The Morgan fingerprint density at radius 3 is 2.52 bits per heavy atom. The molecule has 0 fully saturated rings. The van der Waals surface area contributed by atoms with Gasteiger partial charge in [0, 0.05) is 29.9 Å². The Kier molecular flexibility index (Phi) is 5.29. The maximum absolute atomic E-state index is 11.1. The molecule has 2 N–H and O–H groups in total. The molecule has 146 valence electrons. The van der Waals surface area contributed by atoms with Crippen molar-refractivity contribution >= 4 is 39.3 Å². The molecule has 0 bridgehead atoms. The second kappa shape index (κ2) is 8.19. The first-order valence-corrected chi connectivity index (χ1v) is 9.63. The monoisotopic (exact) mass is 385 g/mol. The van der Waals surface area contributed by atoms with E-state index in [9.17, 15) is 4.79 Å². The van der Waals surface area contributed by atoms with E-state index in [1.54, 1.807) is 7.05 Å². The first-order chi connectivity index (χ1) is 14.1. The summed E-state index contributed by atoms with van der Waals surface area (Å²) in [5.41, 5.74) is 6.31. The van der Waals surface area contributed by atoms with Crippen molar-refractivity contribution in [1.82, 2.24) is 10.3 Å². The molecule has 0 aliphatic heterocycles. The molecule has 29 heavy (non-hydrogen) atoms. The minimum absolute atomic E-state index is 0.353. The van der Waals surface area contributed by atoms with Crippen molar-refractivity contribution in [3.8, 4) is 0 Å². The lowest BCUT2D eigenvalue weighted by molar-refractivity contribution is 0.150. The van der Waals surface area contributed by atoms with Crippen LogP contribution in [0.4, 0.5) is 16.2 Å². The molecule has 0 aliphatic rings. The summed E-state index contributed by atoms with van der Waals surface area (Å²) < 4.78 is 5.05. The fourth-order valence-electron chi connectivity index (χ4n) is 3.37. The molecule has 0 spiro atoms. The third-order valence-electron chi connectivity index (χ3n) is 4.89. The van der Waals surface area contributed by atoms with E-state index < -0.39 is 6.09 Å². The zero-order valence-corrected chi connectivity index (χ0v) is 16.5. The zero-order chi connectivity index (χ0) is 20.2. The van der Waals surface area contributed by atoms with Gasteiger partial charge in [0.05, 0.1) is 23.3 Å². The number of hydrogen-bond donors (Lipinski definition) is 2. The highest BCUT2D eigenvalue weighted by Gasteiger charge is 2.09. The van der Waals surface area contributed by atoms with Gasteiger partial charge in [-0.25, -0.2) is 9.78 Å². The van der Waals surface area contributed by atoms with Crippen molar-refractivity contribution in [1.29, 1.82) is 0 Å². The molecule has 5 heteroatoms. The van der Waals surface area contributed by atoms with Gasteiger partial charge in [0.1, 0.15) is 0 Å². The molecule has 1 heterocycles. The molecule has 3 aromatic carbocycles. The fourth-order valence-corrected chi connectivity index (χ4v) is 3.37. The number of amides is 1. The lowest BCUT2D eigenvalue weighted by Gasteiger charge is -2.14. The van der Waals surface area contributed by atoms with Crippen LogP contribution in [0.2, 0.25) is 0 Å². The maximum Gasteiger partial charge on any atom is 0.406 e. The number of nitrogens with one attached hydrogen (secondary N) is 2. The summed E-state index contributed by atoms with van der Waals surface area (Å²) in [6.07, 6.45) is 0.267. The Labute approximate surface area is 169 Å². The van der Waals surface area contributed by atoms with Gasteiger partial charge in [-0.1, -0.05) is 42.5 Å². The number of nitrogens with zero attached hydrogens (tertiary/aromatic N) is 1. The second-order valence-electron chi connectivity index (χ2n) is 6.98. The number of benzene rings is 3. The van der Waals surface area contributed by atoms with Crippen LogP contribution in [0.3, 0.4) is 0 Å². The van der Waals surface area contributed by atoms with Crippen LogP contribution in [0, 0.1) is 6.92 Å². The number of rotatable bonds is 5. The van der Waals surface area contributed by atoms with E-state index in [2.05, 4.69) is 41.8 Å². The lowest BCUT2D eigenvalue weighted by Crippen LogP contribution is -2.20. The summed E-state index contributed by atoms with van der Waals surface area (Å²) in [6.45, 7) is 2.43. The van der Waals surface area contributed by atoms with Crippen LogP contribution in [0.1, 0.15) is 11.1 Å². The van der Waals surface area contributed by atoms with Gasteiger partial charge in [-0.3, -0.25) is 0 Å². The summed E-state index contributed by atoms with van der Waals surface area (Å²) in [5, 5.41) is 8.21. The van der Waals surface area contributed by atoms with E-state index in [-0.39, 0.29) is 0 Å². The predicted molar refractivity (Wildman–Crippen MR) is 118 cm³/mol. The average Bonchev–Trinajstić information content (AvgIpc) is 2.74. The molecule has 1 aromatic heterocycles. The molecule has 0 saturated carbocycles. The van der Waals surface area contributed by atoms with Crippen molar-refractivity contribution in [2.45, 2.75) is 13.3 Å². The molecule has 0 saturated heterocycles. The third kappa shape index (κ3) is 4.14. The fraction of sp³-hybridized carbons (Fsp3) is 0.167. The Bertz CT molecular complexity index is 1170. The molecule has 5 nitrogen and oxygen atoms in total. The normalized spacial score (nSPS) is 10.8. The van der Waals surface area contributed by atoms with Crippen LogP contribution in [0.5, 0.6) is 0 Å². The van der Waals surface area contributed by atoms with Crippen molar-refractivity contribution in [2.75, 3.05) is 19.0 Å². The molecule has 0 aliphatic carbocycles. The number of para-hydroxylation sites is 1. The largest absolute Gasteiger partial charge is 0.449 e. The van der Waals surface area contributed by atoms with E-state index in [0.717, 1.165) is 38.7 Å². The third-order valence-corrected chi connectivity index (χ3v) is 4.89. The van der Waals surface area contributed by atoms with Gasteiger partial charge in [0.2, 0.25) is 0 Å². The van der Waals surface area contributed by atoms with Gasteiger partial charge < -0.3 is 15.4 Å². The van der Waals surface area contributed by atoms with E-state index in [4.69, 9.17) is 9.72 Å². The zero-order valence-electron chi connectivity index (χ0n) is 16.5. The molecule has 1 amide bonds. The molecule has 0 atom stereocenters. The summed E-state index contributed by atoms with van der Waals surface area (Å²) in [4.78, 5) is 16.0. The Balaban J connectivity index is 1.62. The number of hydrogen-bond acceptors (Lipinski definition) is 4. The number of carbonyl (C=O) groups excluding carboxylic acids is 1. The van der Waals surface area contributed by atoms with E-state index >= 15 is 0 Å². The summed E-state index contributed by atoms with van der Waals surface area (Å²) in [7, 11) is 1.55. The quantitative estimate of drug-likeness (QED) is 0.455. The minimum atomic E-state index is -0.407. The molecular formula is C24H23N3O2. The van der Waals surface area contributed by atoms with Crippen LogP contribution in [0.25, 0.3) is 21.8 Å². The Morgan fingerprint density at radius 1 is 0.966 bits per heavy atom. The summed E-state index contributed by atoms with van der Waals surface area (Å²) >= 11 is 0. The van der Waals surface area contributed by atoms with E-state index in [1.807, 2.05) is 42.5 Å². The molecule has 0 unspecified atom stereocenters. The number of aryl methyl sites for hydroxylation is 1. The van der Waals surface area contributed by atoms with Crippen molar-refractivity contribution in [2.24, 2.45) is 0 Å². The minimum Gasteiger partial charge on any atom is -0.449 e. The number of carbonyl (C=O) groups is 1. The number of alkyl carbamates (subject to hydrolysis) is 1. The second-order valence-corrected chi connectivity index (χ2v) is 6.98. The molecule has 4 aromatic rings. The van der Waals surface area contributed by atoms with E-state index in [1.165, 1.54) is 5.56 Å². The number of pyridine rings is 1. The number of anilines is 2. The standard InChI is InChI=1S/C24H23N3O2/c1-16-7-12-20-22(15-16)27-21-6-4-3-5-19(21)23(20)26-18-10-8-17(9-11-18)13-14-29-24(28)25-2/h3-12,15H,13-14H2,1-2H3,(H,25,28)(H,26,27). The van der Waals surface area contributed by atoms with E-state index in [0.29, 0.717) is 13.0 Å². The summed E-state index contributed by atoms with van der Waals surface area (Å²) in [5.74, 6) is 0. The SMILES string of the molecule is CNC(=O)OCCc1ccc(Nc2c3ccccc3nc3cc(C)ccc23)cc1. The van der Waals surface area contributed by atoms with Crippen LogP contribution < -0.4 is 10.6 Å². The van der Waals surface area contributed by atoms with Crippen LogP contribution in [-0.4, -0.2) is 24.7 Å². The highest BCUT2D eigenvalue weighted by atomic mass is 16.5. The molecule has 0 radical (unpaired) electrons. The van der Waals surface area contributed by atoms with Gasteiger partial charge in [0.25, 0.3) is 0 Å². The van der Waals surface area contributed by atoms with Crippen molar-refractivity contribution in [3.63, 3.8) is 0 Å². The van der Waals surface area contributed by atoms with Gasteiger partial charge in [-0.15, -0.1) is 0 Å². The first-order valence-electron chi connectivity index (χ1n) is 9.63. The average molecular weight is 385 g/mol. The lowest BCUT2D eigenvalue weighted by atomic mass is 10.1. The highest BCUT2D eigenvalue weighted by molar-refractivity contribution is 6.08. The van der Waals surface area contributed by atoms with Crippen molar-refractivity contribution in [3.05, 3.63) is 77.9 Å². The van der Waals surface area contributed by atoms with Crippen LogP contribution in [0.15, 0.2) is 66.7 Å². The topological polar surface area (TPSA) is 63.2 Å². The number of fused-ring (bicyclic) bond motifs is 2. The Morgan fingerprint density at radius 2 is 1.72 bits per heavy atom. The Hall–Kier alpha value is -3.60. The van der Waals surface area contributed by atoms with Gasteiger partial charge >= 0.3 is 6.09 Å². The van der Waals surface area contributed by atoms with Crippen LogP contribution in [-0.2, 0) is 11.2 Å². The van der Waals surface area contributed by atoms with Gasteiger partial charge in [-0.05, 0) is 42.3 Å². The number of aromatic nitrogens is 1. The predicted octanol–water partition coefficient (Wildman–Crippen LogP) is 5.34. The first kappa shape index (κ1) is 18.7. The maximum atomic E-state index is 11.1. The summed E-state index contributed by atoms with van der Waals surface area (Å²) in [6, 6.07) is 22.7. The van der Waals surface area contributed by atoms with Gasteiger partial charge in [-0.2, -0.15) is 0 Å². The van der Waals surface area contributed by atoms with Gasteiger partial charge in [0.15, 0.2) is 0 Å².